The molecule has 85 heavy (non-hydrogen) atoms. The van der Waals surface area contributed by atoms with Crippen molar-refractivity contribution in [3.63, 3.8) is 0 Å². The van der Waals surface area contributed by atoms with Crippen molar-refractivity contribution in [1.29, 1.82) is 0 Å². The molecule has 3 N–H and O–H groups in total. The Labute approximate surface area is 521 Å². The van der Waals surface area contributed by atoms with E-state index in [0.29, 0.717) is 19.3 Å². The molecule has 6 atom stereocenters. The summed E-state index contributed by atoms with van der Waals surface area (Å²) in [5, 5.41) is 31.7. The van der Waals surface area contributed by atoms with Gasteiger partial charge >= 0.3 is 23.9 Å². The first-order valence-corrected chi connectivity index (χ1v) is 36.0. The summed E-state index contributed by atoms with van der Waals surface area (Å²) in [6, 6.07) is 0. The predicted octanol–water partition coefficient (Wildman–Crippen LogP) is 19.9. The van der Waals surface area contributed by atoms with Crippen LogP contribution in [0.4, 0.5) is 0 Å². The fourth-order valence-electron chi connectivity index (χ4n) is 11.2. The number of allylic oxidation sites excluding steroid dienone is 6. The second kappa shape index (κ2) is 61.2. The second-order valence-corrected chi connectivity index (χ2v) is 24.9. The average Bonchev–Trinajstić information content (AvgIpc) is 2.83. The molecule has 1 saturated heterocycles. The number of aliphatic hydroxyl groups excluding tert-OH is 2. The van der Waals surface area contributed by atoms with Crippen molar-refractivity contribution in [1.82, 2.24) is 0 Å². The van der Waals surface area contributed by atoms with Crippen molar-refractivity contribution >= 4 is 23.9 Å². The number of carbonyl (C=O) groups is 4. The normalized spacial score (nSPS) is 17.6. The van der Waals surface area contributed by atoms with Crippen molar-refractivity contribution in [3.8, 4) is 0 Å². The minimum atomic E-state index is -1.90. The third kappa shape index (κ3) is 50.5. The van der Waals surface area contributed by atoms with E-state index in [1.807, 2.05) is 0 Å². The summed E-state index contributed by atoms with van der Waals surface area (Å²) in [5.74, 6) is -3.09. The number of rotatable bonds is 63. The van der Waals surface area contributed by atoms with Gasteiger partial charge < -0.3 is 39.0 Å². The number of aliphatic hydroxyl groups is 2. The van der Waals surface area contributed by atoms with Crippen molar-refractivity contribution in [2.75, 3.05) is 13.2 Å². The molecule has 0 amide bonds. The van der Waals surface area contributed by atoms with Crippen LogP contribution in [0.1, 0.15) is 355 Å². The maximum absolute atomic E-state index is 13.3. The van der Waals surface area contributed by atoms with Crippen LogP contribution in [-0.2, 0) is 42.9 Å². The maximum atomic E-state index is 13.3. The van der Waals surface area contributed by atoms with Crippen LogP contribution >= 0.6 is 0 Å². The molecule has 0 bridgehead atoms. The van der Waals surface area contributed by atoms with Crippen LogP contribution in [-0.4, -0.2) is 89.2 Å². The van der Waals surface area contributed by atoms with Gasteiger partial charge in [0.25, 0.3) is 0 Å². The summed E-state index contributed by atoms with van der Waals surface area (Å²) in [6.45, 7) is 6.04. The first-order chi connectivity index (χ1) is 41.6. The minimum absolute atomic E-state index is 0.0551. The lowest BCUT2D eigenvalue weighted by Crippen LogP contribution is -2.61. The van der Waals surface area contributed by atoms with E-state index in [4.69, 9.17) is 23.7 Å². The Morgan fingerprint density at radius 1 is 0.388 bits per heavy atom. The van der Waals surface area contributed by atoms with Crippen LogP contribution in [0.25, 0.3) is 0 Å². The molecule has 0 aromatic rings. The number of hydrogen-bond acceptors (Lipinski definition) is 11. The van der Waals surface area contributed by atoms with Crippen molar-refractivity contribution in [2.24, 2.45) is 0 Å². The van der Waals surface area contributed by atoms with Crippen LogP contribution < -0.4 is 0 Å². The number of ether oxygens (including phenoxy) is 5. The Hall–Kier alpha value is -3.06. The Morgan fingerprint density at radius 3 is 1.09 bits per heavy atom. The zero-order valence-electron chi connectivity index (χ0n) is 55.1. The van der Waals surface area contributed by atoms with Crippen molar-refractivity contribution in [3.05, 3.63) is 36.5 Å². The molecule has 496 valence electrons. The van der Waals surface area contributed by atoms with Gasteiger partial charge in [0.1, 0.15) is 18.8 Å². The van der Waals surface area contributed by atoms with Gasteiger partial charge in [-0.1, -0.05) is 295 Å². The number of hydrogen-bond donors (Lipinski definition) is 3. The molecule has 1 aliphatic heterocycles. The van der Waals surface area contributed by atoms with Gasteiger partial charge in [0.15, 0.2) is 24.6 Å². The van der Waals surface area contributed by atoms with E-state index in [2.05, 4.69) is 57.2 Å². The van der Waals surface area contributed by atoms with E-state index < -0.39 is 67.3 Å². The van der Waals surface area contributed by atoms with E-state index in [1.165, 1.54) is 199 Å². The first-order valence-electron chi connectivity index (χ1n) is 36.0. The molecule has 0 aromatic carbocycles. The van der Waals surface area contributed by atoms with Crippen LogP contribution in [0.2, 0.25) is 0 Å². The highest BCUT2D eigenvalue weighted by Gasteiger charge is 2.50. The molecule has 1 aliphatic rings. The summed E-state index contributed by atoms with van der Waals surface area (Å²) >= 11 is 0. The van der Waals surface area contributed by atoms with Gasteiger partial charge in [-0.25, -0.2) is 4.79 Å². The second-order valence-electron chi connectivity index (χ2n) is 24.9. The molecule has 1 fully saturated rings. The van der Waals surface area contributed by atoms with Gasteiger partial charge in [-0.15, -0.1) is 0 Å². The van der Waals surface area contributed by atoms with E-state index in [9.17, 15) is 34.5 Å². The lowest BCUT2D eigenvalue weighted by Gasteiger charge is -2.40. The molecule has 0 spiro atoms. The van der Waals surface area contributed by atoms with E-state index in [-0.39, 0.29) is 25.9 Å². The average molecular weight is 1200 g/mol. The minimum Gasteiger partial charge on any atom is -0.479 e. The van der Waals surface area contributed by atoms with Gasteiger partial charge in [0, 0.05) is 19.3 Å². The molecular formula is C73H132O12. The Bertz CT molecular complexity index is 1610. The Balaban J connectivity index is 2.62. The van der Waals surface area contributed by atoms with Crippen LogP contribution in [0.3, 0.4) is 0 Å². The van der Waals surface area contributed by atoms with Gasteiger partial charge in [0.2, 0.25) is 0 Å². The zero-order chi connectivity index (χ0) is 61.7. The molecule has 1 rings (SSSR count). The summed E-state index contributed by atoms with van der Waals surface area (Å²) in [6.07, 6.45) is 62.4. The number of carbonyl (C=O) groups excluding carboxylic acids is 3. The molecule has 0 aliphatic carbocycles. The fourth-order valence-corrected chi connectivity index (χ4v) is 11.2. The van der Waals surface area contributed by atoms with Crippen molar-refractivity contribution in [2.45, 2.75) is 391 Å². The zero-order valence-corrected chi connectivity index (χ0v) is 55.1. The highest BCUT2D eigenvalue weighted by molar-refractivity contribution is 5.74. The molecule has 1 heterocycles. The molecule has 0 aromatic heterocycles. The standard InChI is InChI=1S/C73H132O12/c1-4-7-10-13-16-19-22-25-28-31-33-36-38-41-44-47-50-53-56-59-65(74)81-62-64(83-66(75)60-57-54-51-48-45-42-40-37-34-32-29-26-23-20-17-14-11-8-5-2)63-82-73-71(69(78)68(77)70(85-73)72(79)80)84-67(76)61-58-55-52-49-46-43-39-35-30-27-24-21-18-15-12-9-6-3/h18,21,25,27-28,30,64,68-71,73,77-78H,4-17,19-20,22-24,26,29,31-63H2,1-3H3,(H,79,80)/b21-18-,28-25-,30-27-. The van der Waals surface area contributed by atoms with Gasteiger partial charge in [-0.05, 0) is 77.0 Å². The number of esters is 3. The third-order valence-corrected chi connectivity index (χ3v) is 16.7. The van der Waals surface area contributed by atoms with Crippen molar-refractivity contribution < 1.29 is 58.2 Å². The molecule has 12 heteroatoms. The summed E-state index contributed by atoms with van der Waals surface area (Å²) in [4.78, 5) is 51.5. The summed E-state index contributed by atoms with van der Waals surface area (Å²) in [5.41, 5.74) is 0. The topological polar surface area (TPSA) is 175 Å². The highest BCUT2D eigenvalue weighted by Crippen LogP contribution is 2.27. The number of aliphatic carboxylic acids is 1. The maximum Gasteiger partial charge on any atom is 0.335 e. The van der Waals surface area contributed by atoms with Gasteiger partial charge in [0.05, 0.1) is 6.61 Å². The third-order valence-electron chi connectivity index (χ3n) is 16.7. The lowest BCUT2D eigenvalue weighted by atomic mass is 9.98. The molecule has 6 unspecified atom stereocenters. The predicted molar refractivity (Wildman–Crippen MR) is 350 cm³/mol. The summed E-state index contributed by atoms with van der Waals surface area (Å²) in [7, 11) is 0. The monoisotopic (exact) mass is 1200 g/mol. The van der Waals surface area contributed by atoms with E-state index >= 15 is 0 Å². The van der Waals surface area contributed by atoms with Crippen LogP contribution in [0.5, 0.6) is 0 Å². The molecule has 0 saturated carbocycles. The Kier molecular flexibility index (Phi) is 57.6. The lowest BCUT2D eigenvalue weighted by molar-refractivity contribution is -0.301. The number of carboxylic acid groups (broad SMARTS) is 1. The summed E-state index contributed by atoms with van der Waals surface area (Å²) < 4.78 is 28.7. The smallest absolute Gasteiger partial charge is 0.335 e. The van der Waals surface area contributed by atoms with Crippen LogP contribution in [0, 0.1) is 0 Å². The quantitative estimate of drug-likeness (QED) is 0.0228. The van der Waals surface area contributed by atoms with Crippen LogP contribution in [0.15, 0.2) is 36.5 Å². The van der Waals surface area contributed by atoms with Gasteiger partial charge in [-0.3, -0.25) is 14.4 Å². The van der Waals surface area contributed by atoms with E-state index in [0.717, 1.165) is 96.3 Å². The fraction of sp³-hybridized carbons (Fsp3) is 0.863. The molecular weight excluding hydrogens is 1070 g/mol. The molecule has 12 nitrogen and oxygen atoms in total. The largest absolute Gasteiger partial charge is 0.479 e. The molecule has 0 radical (unpaired) electrons. The van der Waals surface area contributed by atoms with Gasteiger partial charge in [-0.2, -0.15) is 0 Å². The first kappa shape index (κ1) is 80.0. The SMILES string of the molecule is CCCCC/C=C\C/C=C\CCCCCCCCCC(=O)OC1C(OCC(COC(=O)CCCCCCCCCCC/C=C\CCCCCCCC)OC(=O)CCCCCCCCCCCCCCCCCCCCC)OC(C(=O)O)C(O)C1O. The highest BCUT2D eigenvalue weighted by atomic mass is 16.7. The van der Waals surface area contributed by atoms with E-state index in [1.54, 1.807) is 0 Å². The number of unbranched alkanes of at least 4 members (excludes halogenated alkanes) is 43. The number of carboxylic acids is 1. The Morgan fingerprint density at radius 2 is 0.706 bits per heavy atom.